The van der Waals surface area contributed by atoms with Crippen molar-refractivity contribution in [3.8, 4) is 0 Å². The molecular formula is C23H48FNaO3S. The van der Waals surface area contributed by atoms with E-state index in [1.54, 1.807) is 0 Å². The Morgan fingerprint density at radius 1 is 0.655 bits per heavy atom. The summed E-state index contributed by atoms with van der Waals surface area (Å²) >= 11 is 0. The molecule has 0 heterocycles. The average Bonchev–Trinajstić information content (AvgIpc) is 2.68. The van der Waals surface area contributed by atoms with Crippen LogP contribution < -0.4 is 29.6 Å². The fraction of sp³-hybridized carbons (Fsp3) is 1.00. The summed E-state index contributed by atoms with van der Waals surface area (Å²) in [5.41, 5.74) is -1.87. The van der Waals surface area contributed by atoms with Gasteiger partial charge in [0.15, 0.2) is 0 Å². The van der Waals surface area contributed by atoms with Crippen LogP contribution >= 0.6 is 0 Å². The molecule has 0 aliphatic carbocycles. The van der Waals surface area contributed by atoms with Crippen LogP contribution in [0.4, 0.5) is 4.39 Å². The minimum absolute atomic E-state index is 0. The van der Waals surface area contributed by atoms with Crippen molar-refractivity contribution >= 4 is 10.1 Å². The fourth-order valence-corrected chi connectivity index (χ4v) is 4.37. The Morgan fingerprint density at radius 3 is 1.41 bits per heavy atom. The van der Waals surface area contributed by atoms with Crippen molar-refractivity contribution in [2.75, 3.05) is 6.61 Å². The van der Waals surface area contributed by atoms with E-state index in [0.29, 0.717) is 12.8 Å². The average molecular weight is 447 g/mol. The molecule has 0 N–H and O–H groups in total. The van der Waals surface area contributed by atoms with E-state index in [1.165, 1.54) is 77.0 Å². The van der Waals surface area contributed by atoms with Gasteiger partial charge in [-0.2, -0.15) is 8.42 Å². The molecule has 0 aliphatic heterocycles. The van der Waals surface area contributed by atoms with Crippen molar-refractivity contribution in [1.82, 2.24) is 0 Å². The van der Waals surface area contributed by atoms with Gasteiger partial charge in [-0.15, -0.1) is 0 Å². The normalized spacial score (nSPS) is 12.7. The van der Waals surface area contributed by atoms with Crippen molar-refractivity contribution in [2.24, 2.45) is 0 Å². The molecule has 0 radical (unpaired) electrons. The molecule has 6 heteroatoms. The number of hydrogen-bond donors (Lipinski definition) is 0. The standard InChI is InChI=1S/C23H47FO3S.Na.H/c1-3-5-7-9-11-13-15-17-19-21-23(24)28(25,26)27-22-20-18-16-14-12-10-8-6-4-2;;/h23H,3-22H2,1-2H3;;/q;+1;-1. The summed E-state index contributed by atoms with van der Waals surface area (Å²) in [4.78, 5) is 0. The molecule has 0 amide bonds. The second-order valence-corrected chi connectivity index (χ2v) is 9.90. The number of halogens is 1. The van der Waals surface area contributed by atoms with Gasteiger partial charge >= 0.3 is 29.6 Å². The van der Waals surface area contributed by atoms with Crippen LogP contribution in [-0.4, -0.2) is 20.5 Å². The topological polar surface area (TPSA) is 43.4 Å². The first kappa shape index (κ1) is 32.0. The minimum atomic E-state index is -4.04. The minimum Gasteiger partial charge on any atom is -1.00 e. The predicted molar refractivity (Wildman–Crippen MR) is 120 cm³/mol. The third-order valence-corrected chi connectivity index (χ3v) is 6.70. The molecule has 3 nitrogen and oxygen atoms in total. The molecule has 0 bridgehead atoms. The molecule has 0 fully saturated rings. The number of unbranched alkanes of at least 4 members (excludes halogenated alkanes) is 16. The van der Waals surface area contributed by atoms with Gasteiger partial charge < -0.3 is 1.43 Å². The van der Waals surface area contributed by atoms with Gasteiger partial charge in [-0.25, -0.2) is 4.39 Å². The Hall–Kier alpha value is 0.840. The fourth-order valence-electron chi connectivity index (χ4n) is 3.42. The zero-order valence-electron chi connectivity index (χ0n) is 20.7. The van der Waals surface area contributed by atoms with Gasteiger partial charge in [0.25, 0.3) is 10.1 Å². The van der Waals surface area contributed by atoms with E-state index in [4.69, 9.17) is 4.18 Å². The quantitative estimate of drug-likeness (QED) is 0.130. The number of hydrogen-bond acceptors (Lipinski definition) is 3. The Bertz CT molecular complexity index is 425. The van der Waals surface area contributed by atoms with Crippen LogP contribution in [-0.2, 0) is 14.3 Å². The molecule has 0 spiro atoms. The molecule has 1 atom stereocenters. The zero-order chi connectivity index (χ0) is 20.9. The van der Waals surface area contributed by atoms with Crippen molar-refractivity contribution in [3.63, 3.8) is 0 Å². The van der Waals surface area contributed by atoms with Crippen LogP contribution in [0.5, 0.6) is 0 Å². The second kappa shape index (κ2) is 23.5. The molecule has 0 saturated heterocycles. The molecule has 29 heavy (non-hydrogen) atoms. The third-order valence-electron chi connectivity index (χ3n) is 5.34. The number of alkyl halides is 1. The first-order chi connectivity index (χ1) is 13.5. The summed E-state index contributed by atoms with van der Waals surface area (Å²) in [5, 5.41) is 0. The maximum Gasteiger partial charge on any atom is 1.00 e. The maximum atomic E-state index is 14.0. The van der Waals surface area contributed by atoms with E-state index in [0.717, 1.165) is 25.7 Å². The molecule has 0 aromatic rings. The molecule has 0 aromatic heterocycles. The predicted octanol–water partition coefficient (Wildman–Crippen LogP) is 5.20. The third kappa shape index (κ3) is 21.8. The Balaban J connectivity index is -0.00000364. The van der Waals surface area contributed by atoms with Gasteiger partial charge in [-0.05, 0) is 19.3 Å². The SMILES string of the molecule is CCCCCCCCCCCOS(=O)(=O)C(F)CCCCCCCCCCC.[H-].[Na+]. The van der Waals surface area contributed by atoms with Gasteiger partial charge in [0.2, 0.25) is 5.50 Å². The van der Waals surface area contributed by atoms with Crippen LogP contribution in [0.1, 0.15) is 137 Å². The van der Waals surface area contributed by atoms with Gasteiger partial charge in [0, 0.05) is 0 Å². The Morgan fingerprint density at radius 2 is 1.00 bits per heavy atom. The van der Waals surface area contributed by atoms with Crippen molar-refractivity contribution in [2.45, 2.75) is 141 Å². The summed E-state index contributed by atoms with van der Waals surface area (Å²) in [5.74, 6) is 0. The van der Waals surface area contributed by atoms with Crippen LogP contribution in [0.3, 0.4) is 0 Å². The molecule has 1 unspecified atom stereocenters. The summed E-state index contributed by atoms with van der Waals surface area (Å²) in [6.07, 6.45) is 20.6. The van der Waals surface area contributed by atoms with Crippen molar-refractivity contribution in [3.05, 3.63) is 0 Å². The van der Waals surface area contributed by atoms with Gasteiger partial charge in [0.05, 0.1) is 6.61 Å². The van der Waals surface area contributed by atoms with E-state index in [9.17, 15) is 12.8 Å². The molecule has 172 valence electrons. The monoisotopic (exact) mass is 446 g/mol. The summed E-state index contributed by atoms with van der Waals surface area (Å²) in [6, 6.07) is 0. The summed E-state index contributed by atoms with van der Waals surface area (Å²) < 4.78 is 42.5. The Labute approximate surface area is 205 Å². The molecule has 0 saturated carbocycles. The smallest absolute Gasteiger partial charge is 1.00 e. The first-order valence-electron chi connectivity index (χ1n) is 12.1. The van der Waals surface area contributed by atoms with E-state index in [1.807, 2.05) is 0 Å². The van der Waals surface area contributed by atoms with E-state index in [-0.39, 0.29) is 44.0 Å². The maximum absolute atomic E-state index is 14.0. The largest absolute Gasteiger partial charge is 1.00 e. The first-order valence-corrected chi connectivity index (χ1v) is 13.5. The van der Waals surface area contributed by atoms with Gasteiger partial charge in [-0.3, -0.25) is 4.18 Å². The van der Waals surface area contributed by atoms with Crippen LogP contribution in [0.2, 0.25) is 0 Å². The van der Waals surface area contributed by atoms with E-state index < -0.39 is 15.6 Å². The number of rotatable bonds is 22. The van der Waals surface area contributed by atoms with E-state index >= 15 is 0 Å². The van der Waals surface area contributed by atoms with Crippen LogP contribution in [0.15, 0.2) is 0 Å². The molecule has 0 aliphatic rings. The van der Waals surface area contributed by atoms with Gasteiger partial charge in [0.1, 0.15) is 0 Å². The van der Waals surface area contributed by atoms with Crippen molar-refractivity contribution < 1.29 is 48.0 Å². The van der Waals surface area contributed by atoms with E-state index in [2.05, 4.69) is 13.8 Å². The molecule has 0 aromatic carbocycles. The van der Waals surface area contributed by atoms with Gasteiger partial charge in [-0.1, -0.05) is 117 Å². The molecule has 0 rings (SSSR count). The molecular weight excluding hydrogens is 398 g/mol. The second-order valence-electron chi connectivity index (χ2n) is 8.17. The summed E-state index contributed by atoms with van der Waals surface area (Å²) in [7, 11) is -4.04. The summed E-state index contributed by atoms with van der Waals surface area (Å²) in [6.45, 7) is 4.55. The Kier molecular flexibility index (Phi) is 26.0. The van der Waals surface area contributed by atoms with Crippen LogP contribution in [0, 0.1) is 0 Å². The van der Waals surface area contributed by atoms with Crippen molar-refractivity contribution in [1.29, 1.82) is 0 Å². The zero-order valence-corrected chi connectivity index (χ0v) is 22.5. The van der Waals surface area contributed by atoms with Crippen LogP contribution in [0.25, 0.3) is 0 Å².